The third-order valence-corrected chi connectivity index (χ3v) is 7.11. The first kappa shape index (κ1) is 32.3. The molecule has 0 heterocycles. The molecule has 0 saturated heterocycles. The van der Waals surface area contributed by atoms with Gasteiger partial charge in [0.25, 0.3) is 0 Å². The predicted molar refractivity (Wildman–Crippen MR) is 179 cm³/mol. The lowest BCUT2D eigenvalue weighted by Crippen LogP contribution is -2.31. The number of hydrogen-bond acceptors (Lipinski definition) is 8. The van der Waals surface area contributed by atoms with E-state index in [4.69, 9.17) is 14.3 Å². The second kappa shape index (κ2) is 16.3. The molecule has 5 rings (SSSR count). The largest absolute Gasteiger partial charge is 0.494 e. The van der Waals surface area contributed by atoms with Gasteiger partial charge in [-0.3, -0.25) is 0 Å². The maximum Gasteiger partial charge on any atom is 0.363 e. The standard InChI is InChI=1S/C38H34N2O7/c41-36(42)34(39-33-19-10-11-20-35(33)46-37(43)29-13-4-1-5-14-29)27-28-21-23-32(24-22-28)45-26-12-25-40(31-17-8-3-9-18-31)47-38(44)30-15-6-2-7-16-30/h1-11,13-24,34,39H,12,25-27H2,(H,41,42). The number of carboxylic acid groups (broad SMARTS) is 1. The molecule has 1 atom stereocenters. The van der Waals surface area contributed by atoms with E-state index < -0.39 is 23.9 Å². The summed E-state index contributed by atoms with van der Waals surface area (Å²) in [4.78, 5) is 43.2. The molecule has 0 spiro atoms. The normalized spacial score (nSPS) is 11.1. The Morgan fingerprint density at radius 1 is 0.681 bits per heavy atom. The molecule has 0 amide bonds. The third kappa shape index (κ3) is 9.45. The van der Waals surface area contributed by atoms with Crippen LogP contribution in [0.3, 0.4) is 0 Å². The number of benzene rings is 5. The number of carbonyl (C=O) groups is 3. The van der Waals surface area contributed by atoms with Crippen molar-refractivity contribution < 1.29 is 33.8 Å². The maximum atomic E-state index is 12.7. The number of hydrogen-bond donors (Lipinski definition) is 2. The molecule has 1 unspecified atom stereocenters. The first-order valence-corrected chi connectivity index (χ1v) is 15.1. The molecule has 5 aromatic rings. The first-order chi connectivity index (χ1) is 23.0. The van der Waals surface area contributed by atoms with Crippen LogP contribution in [0, 0.1) is 0 Å². The Morgan fingerprint density at radius 2 is 1.26 bits per heavy atom. The van der Waals surface area contributed by atoms with Crippen molar-refractivity contribution >= 4 is 29.3 Å². The number of nitrogens with zero attached hydrogens (tertiary/aromatic N) is 1. The topological polar surface area (TPSA) is 114 Å². The Balaban J connectivity index is 1.14. The van der Waals surface area contributed by atoms with Crippen molar-refractivity contribution in [1.82, 2.24) is 0 Å². The first-order valence-electron chi connectivity index (χ1n) is 15.1. The highest BCUT2D eigenvalue weighted by molar-refractivity contribution is 5.92. The van der Waals surface area contributed by atoms with Crippen molar-refractivity contribution in [3.05, 3.63) is 156 Å². The van der Waals surface area contributed by atoms with Crippen LogP contribution in [0.1, 0.15) is 32.7 Å². The number of rotatable bonds is 15. The van der Waals surface area contributed by atoms with Crippen LogP contribution in [0.5, 0.6) is 11.5 Å². The zero-order valence-corrected chi connectivity index (χ0v) is 25.5. The van der Waals surface area contributed by atoms with E-state index in [1.807, 2.05) is 48.5 Å². The summed E-state index contributed by atoms with van der Waals surface area (Å²) in [5.74, 6) is -1.18. The van der Waals surface area contributed by atoms with Crippen LogP contribution in [-0.2, 0) is 16.1 Å². The molecule has 0 radical (unpaired) electrons. The second-order valence-electron chi connectivity index (χ2n) is 10.5. The molecule has 47 heavy (non-hydrogen) atoms. The zero-order chi connectivity index (χ0) is 32.8. The molecule has 9 nitrogen and oxygen atoms in total. The minimum Gasteiger partial charge on any atom is -0.494 e. The van der Waals surface area contributed by atoms with Gasteiger partial charge in [0.05, 0.1) is 35.7 Å². The van der Waals surface area contributed by atoms with Crippen molar-refractivity contribution in [2.24, 2.45) is 0 Å². The van der Waals surface area contributed by atoms with Gasteiger partial charge in [-0.1, -0.05) is 78.9 Å². The molecular formula is C38H34N2O7. The quantitative estimate of drug-likeness (QED) is 0.0543. The van der Waals surface area contributed by atoms with Gasteiger partial charge in [-0.25, -0.2) is 19.4 Å². The van der Waals surface area contributed by atoms with Gasteiger partial charge in [-0.05, 0) is 66.2 Å². The molecule has 0 aliphatic heterocycles. The Hall–Kier alpha value is -6.09. The van der Waals surface area contributed by atoms with Gasteiger partial charge in [-0.2, -0.15) is 0 Å². The highest BCUT2D eigenvalue weighted by Gasteiger charge is 2.21. The summed E-state index contributed by atoms with van der Waals surface area (Å²) in [5.41, 5.74) is 2.77. The summed E-state index contributed by atoms with van der Waals surface area (Å²) in [6, 6.07) is 39.7. The molecule has 5 aromatic carbocycles. The molecule has 0 aromatic heterocycles. The fourth-order valence-electron chi connectivity index (χ4n) is 4.70. The lowest BCUT2D eigenvalue weighted by atomic mass is 10.1. The lowest BCUT2D eigenvalue weighted by Gasteiger charge is -2.23. The van der Waals surface area contributed by atoms with Crippen molar-refractivity contribution in [1.29, 1.82) is 0 Å². The summed E-state index contributed by atoms with van der Waals surface area (Å²) in [6.07, 6.45) is 0.743. The van der Waals surface area contributed by atoms with Crippen LogP contribution in [0.4, 0.5) is 11.4 Å². The third-order valence-electron chi connectivity index (χ3n) is 7.11. The number of ether oxygens (including phenoxy) is 2. The highest BCUT2D eigenvalue weighted by atomic mass is 16.7. The summed E-state index contributed by atoms with van der Waals surface area (Å²) >= 11 is 0. The van der Waals surface area contributed by atoms with Crippen LogP contribution >= 0.6 is 0 Å². The minimum atomic E-state index is -1.05. The average molecular weight is 631 g/mol. The van der Waals surface area contributed by atoms with E-state index >= 15 is 0 Å². The molecule has 0 bridgehead atoms. The maximum absolute atomic E-state index is 12.7. The molecule has 9 heteroatoms. The van der Waals surface area contributed by atoms with E-state index in [9.17, 15) is 19.5 Å². The van der Waals surface area contributed by atoms with E-state index in [1.54, 1.807) is 96.1 Å². The van der Waals surface area contributed by atoms with Crippen LogP contribution in [0.2, 0.25) is 0 Å². The van der Waals surface area contributed by atoms with E-state index in [0.29, 0.717) is 42.1 Å². The van der Waals surface area contributed by atoms with Gasteiger partial charge < -0.3 is 24.7 Å². The number of nitrogens with one attached hydrogen (secondary N) is 1. The van der Waals surface area contributed by atoms with E-state index in [1.165, 1.54) is 0 Å². The summed E-state index contributed by atoms with van der Waals surface area (Å²) in [6.45, 7) is 0.776. The van der Waals surface area contributed by atoms with Gasteiger partial charge >= 0.3 is 17.9 Å². The molecular weight excluding hydrogens is 596 g/mol. The van der Waals surface area contributed by atoms with Crippen LogP contribution < -0.4 is 19.9 Å². The number of anilines is 2. The number of carbonyl (C=O) groups excluding carboxylic acids is 2. The molecule has 2 N–H and O–H groups in total. The summed E-state index contributed by atoms with van der Waals surface area (Å²) in [7, 11) is 0. The predicted octanol–water partition coefficient (Wildman–Crippen LogP) is 7.06. The highest BCUT2D eigenvalue weighted by Crippen LogP contribution is 2.27. The van der Waals surface area contributed by atoms with E-state index in [2.05, 4.69) is 5.32 Å². The Morgan fingerprint density at radius 3 is 1.89 bits per heavy atom. The molecule has 0 saturated carbocycles. The van der Waals surface area contributed by atoms with E-state index in [0.717, 1.165) is 11.3 Å². The fourth-order valence-corrected chi connectivity index (χ4v) is 4.70. The summed E-state index contributed by atoms with van der Waals surface area (Å²) in [5, 5.41) is 14.5. The number of hydroxylamine groups is 1. The average Bonchev–Trinajstić information content (AvgIpc) is 3.11. The zero-order valence-electron chi connectivity index (χ0n) is 25.5. The molecule has 0 aliphatic rings. The van der Waals surface area contributed by atoms with Gasteiger partial charge in [-0.15, -0.1) is 0 Å². The molecule has 0 fully saturated rings. The van der Waals surface area contributed by atoms with E-state index in [-0.39, 0.29) is 12.2 Å². The van der Waals surface area contributed by atoms with Crippen LogP contribution in [0.15, 0.2) is 140 Å². The van der Waals surface area contributed by atoms with Crippen molar-refractivity contribution in [3.8, 4) is 11.5 Å². The fraction of sp³-hybridized carbons (Fsp3) is 0.132. The summed E-state index contributed by atoms with van der Waals surface area (Å²) < 4.78 is 11.5. The Kier molecular flexibility index (Phi) is 11.2. The molecule has 238 valence electrons. The SMILES string of the molecule is O=C(Oc1ccccc1NC(Cc1ccc(OCCCN(OC(=O)c2ccccc2)c2ccccc2)cc1)C(=O)O)c1ccccc1. The number of para-hydroxylation sites is 3. The van der Waals surface area contributed by atoms with Crippen LogP contribution in [-0.4, -0.2) is 42.2 Å². The smallest absolute Gasteiger partial charge is 0.363 e. The monoisotopic (exact) mass is 630 g/mol. The van der Waals surface area contributed by atoms with Crippen molar-refractivity contribution in [2.75, 3.05) is 23.5 Å². The number of esters is 1. The van der Waals surface area contributed by atoms with Crippen LogP contribution in [0.25, 0.3) is 0 Å². The lowest BCUT2D eigenvalue weighted by molar-refractivity contribution is -0.137. The van der Waals surface area contributed by atoms with Crippen molar-refractivity contribution in [2.45, 2.75) is 18.9 Å². The van der Waals surface area contributed by atoms with Gasteiger partial charge in [0.2, 0.25) is 0 Å². The Labute approximate surface area is 272 Å². The second-order valence-corrected chi connectivity index (χ2v) is 10.5. The minimum absolute atomic E-state index is 0.176. The van der Waals surface area contributed by atoms with Gasteiger partial charge in [0.1, 0.15) is 11.8 Å². The van der Waals surface area contributed by atoms with Gasteiger partial charge in [0.15, 0.2) is 5.75 Å². The van der Waals surface area contributed by atoms with Gasteiger partial charge in [0, 0.05) is 12.8 Å². The number of aliphatic carboxylic acids is 1. The molecule has 0 aliphatic carbocycles. The van der Waals surface area contributed by atoms with Crippen molar-refractivity contribution in [3.63, 3.8) is 0 Å². The number of carboxylic acids is 1. The Bertz CT molecular complexity index is 1750.